The van der Waals surface area contributed by atoms with Gasteiger partial charge < -0.3 is 10.2 Å². The van der Waals surface area contributed by atoms with Crippen LogP contribution in [-0.4, -0.2) is 23.4 Å². The molecule has 0 atom stereocenters. The molecule has 2 nitrogen and oxygen atoms in total. The highest BCUT2D eigenvalue weighted by Crippen LogP contribution is 2.15. The van der Waals surface area contributed by atoms with Crippen molar-refractivity contribution < 1.29 is 10.2 Å². The van der Waals surface area contributed by atoms with Gasteiger partial charge >= 0.3 is 0 Å². The monoisotopic (exact) mass is 172 g/mol. The van der Waals surface area contributed by atoms with E-state index in [1.54, 1.807) is 11.3 Å². The van der Waals surface area contributed by atoms with Crippen LogP contribution in [0.5, 0.6) is 0 Å². The molecule has 3 heteroatoms. The molecule has 0 aliphatic carbocycles. The quantitative estimate of drug-likeness (QED) is 0.706. The molecule has 11 heavy (non-hydrogen) atoms. The first-order valence-electron chi connectivity index (χ1n) is 3.65. The van der Waals surface area contributed by atoms with E-state index in [9.17, 15) is 0 Å². The highest BCUT2D eigenvalue weighted by molar-refractivity contribution is 7.10. The predicted octanol–water partition coefficient (Wildman–Crippen LogP) is 0.818. The van der Waals surface area contributed by atoms with E-state index in [1.165, 1.54) is 10.4 Å². The SMILES string of the molecule is OCCc1csc(CCO)c1. The first-order valence-corrected chi connectivity index (χ1v) is 4.53. The van der Waals surface area contributed by atoms with Gasteiger partial charge in [0.1, 0.15) is 0 Å². The fraction of sp³-hybridized carbons (Fsp3) is 0.500. The summed E-state index contributed by atoms with van der Waals surface area (Å²) in [5.74, 6) is 0. The smallest absolute Gasteiger partial charge is 0.0479 e. The van der Waals surface area contributed by atoms with Crippen molar-refractivity contribution >= 4 is 11.3 Å². The maximum atomic E-state index is 8.62. The van der Waals surface area contributed by atoms with E-state index in [2.05, 4.69) is 0 Å². The summed E-state index contributed by atoms with van der Waals surface area (Å²) in [4.78, 5) is 1.19. The number of hydrogen-bond donors (Lipinski definition) is 2. The second kappa shape index (κ2) is 4.49. The van der Waals surface area contributed by atoms with Crippen molar-refractivity contribution in [2.45, 2.75) is 12.8 Å². The van der Waals surface area contributed by atoms with Gasteiger partial charge in [0.25, 0.3) is 0 Å². The Labute approximate surface area is 70.1 Å². The van der Waals surface area contributed by atoms with E-state index >= 15 is 0 Å². The van der Waals surface area contributed by atoms with Crippen molar-refractivity contribution in [3.63, 3.8) is 0 Å². The Hall–Kier alpha value is -0.380. The second-order valence-corrected chi connectivity index (χ2v) is 3.36. The number of thiophene rings is 1. The van der Waals surface area contributed by atoms with Gasteiger partial charge in [0, 0.05) is 24.5 Å². The number of aliphatic hydroxyl groups excluding tert-OH is 2. The van der Waals surface area contributed by atoms with Gasteiger partial charge in [0.05, 0.1) is 0 Å². The number of rotatable bonds is 4. The van der Waals surface area contributed by atoms with E-state index in [0.29, 0.717) is 0 Å². The van der Waals surface area contributed by atoms with Crippen molar-refractivity contribution in [2.75, 3.05) is 13.2 Å². The number of hydrogen-bond acceptors (Lipinski definition) is 3. The summed E-state index contributed by atoms with van der Waals surface area (Å²) < 4.78 is 0. The minimum absolute atomic E-state index is 0.204. The topological polar surface area (TPSA) is 40.5 Å². The molecule has 0 aromatic carbocycles. The van der Waals surface area contributed by atoms with Crippen LogP contribution in [0.1, 0.15) is 10.4 Å². The van der Waals surface area contributed by atoms with Crippen LogP contribution in [0.25, 0.3) is 0 Å². The van der Waals surface area contributed by atoms with Crippen LogP contribution in [0.3, 0.4) is 0 Å². The third kappa shape index (κ3) is 2.61. The zero-order valence-electron chi connectivity index (χ0n) is 6.29. The van der Waals surface area contributed by atoms with E-state index in [1.807, 2.05) is 11.4 Å². The van der Waals surface area contributed by atoms with E-state index in [4.69, 9.17) is 10.2 Å². The highest BCUT2D eigenvalue weighted by atomic mass is 32.1. The fourth-order valence-electron chi connectivity index (χ4n) is 0.928. The maximum Gasteiger partial charge on any atom is 0.0479 e. The molecule has 0 saturated carbocycles. The lowest BCUT2D eigenvalue weighted by Crippen LogP contribution is -1.88. The normalized spacial score (nSPS) is 10.4. The summed E-state index contributed by atoms with van der Waals surface area (Å²) in [6.45, 7) is 0.411. The molecule has 0 aliphatic rings. The lowest BCUT2D eigenvalue weighted by Gasteiger charge is -1.89. The van der Waals surface area contributed by atoms with Gasteiger partial charge in [-0.25, -0.2) is 0 Å². The Kier molecular flexibility index (Phi) is 3.56. The first-order chi connectivity index (χ1) is 5.36. The van der Waals surface area contributed by atoms with Crippen LogP contribution >= 0.6 is 11.3 Å². The Morgan fingerprint density at radius 1 is 1.18 bits per heavy atom. The Balaban J connectivity index is 2.51. The molecule has 0 saturated heterocycles. The molecule has 0 amide bonds. The third-order valence-electron chi connectivity index (χ3n) is 1.47. The van der Waals surface area contributed by atoms with Gasteiger partial charge in [0.2, 0.25) is 0 Å². The van der Waals surface area contributed by atoms with Gasteiger partial charge in [-0.2, -0.15) is 0 Å². The van der Waals surface area contributed by atoms with Crippen molar-refractivity contribution in [3.05, 3.63) is 21.9 Å². The minimum atomic E-state index is 0.204. The lowest BCUT2D eigenvalue weighted by molar-refractivity contribution is 0.299. The van der Waals surface area contributed by atoms with Gasteiger partial charge in [-0.3, -0.25) is 0 Å². The Bertz CT molecular complexity index is 187. The summed E-state index contributed by atoms with van der Waals surface area (Å²) in [7, 11) is 0. The van der Waals surface area contributed by atoms with E-state index in [0.717, 1.165) is 12.8 Å². The molecule has 0 radical (unpaired) electrons. The van der Waals surface area contributed by atoms with Gasteiger partial charge in [-0.15, -0.1) is 11.3 Å². The summed E-state index contributed by atoms with van der Waals surface area (Å²) in [6.07, 6.45) is 1.46. The molecule has 1 aromatic heterocycles. The zero-order valence-corrected chi connectivity index (χ0v) is 7.10. The molecule has 1 rings (SSSR count). The predicted molar refractivity (Wildman–Crippen MR) is 45.9 cm³/mol. The van der Waals surface area contributed by atoms with E-state index in [-0.39, 0.29) is 13.2 Å². The standard InChI is InChI=1S/C8H12O2S/c9-3-1-7-5-8(2-4-10)11-6-7/h5-6,9-10H,1-4H2. The zero-order chi connectivity index (χ0) is 8.10. The molecule has 1 aromatic rings. The first kappa shape index (κ1) is 8.71. The fourth-order valence-corrected chi connectivity index (χ4v) is 1.84. The molecule has 0 fully saturated rings. The highest BCUT2D eigenvalue weighted by Gasteiger charge is 1.97. The maximum absolute atomic E-state index is 8.62. The second-order valence-electron chi connectivity index (χ2n) is 2.37. The van der Waals surface area contributed by atoms with Crippen LogP contribution < -0.4 is 0 Å². The minimum Gasteiger partial charge on any atom is -0.396 e. The molecular weight excluding hydrogens is 160 g/mol. The van der Waals surface area contributed by atoms with Gasteiger partial charge in [0.15, 0.2) is 0 Å². The molecule has 0 spiro atoms. The Morgan fingerprint density at radius 3 is 2.55 bits per heavy atom. The molecule has 0 aliphatic heterocycles. The van der Waals surface area contributed by atoms with Crippen LogP contribution in [-0.2, 0) is 12.8 Å². The van der Waals surface area contributed by atoms with Gasteiger partial charge in [-0.05, 0) is 23.4 Å². The van der Waals surface area contributed by atoms with Crippen LogP contribution in [0, 0.1) is 0 Å². The summed E-state index contributed by atoms with van der Waals surface area (Å²) in [5.41, 5.74) is 1.17. The summed E-state index contributed by atoms with van der Waals surface area (Å²) >= 11 is 1.64. The average Bonchev–Trinajstić information content (AvgIpc) is 2.38. The van der Waals surface area contributed by atoms with Crippen molar-refractivity contribution in [3.8, 4) is 0 Å². The van der Waals surface area contributed by atoms with Crippen LogP contribution in [0.15, 0.2) is 11.4 Å². The van der Waals surface area contributed by atoms with Crippen molar-refractivity contribution in [1.82, 2.24) is 0 Å². The molecule has 0 bridgehead atoms. The van der Waals surface area contributed by atoms with Crippen LogP contribution in [0.2, 0.25) is 0 Å². The summed E-state index contributed by atoms with van der Waals surface area (Å²) in [6, 6.07) is 2.04. The van der Waals surface area contributed by atoms with Crippen molar-refractivity contribution in [1.29, 1.82) is 0 Å². The Morgan fingerprint density at radius 2 is 1.91 bits per heavy atom. The van der Waals surface area contributed by atoms with E-state index < -0.39 is 0 Å². The molecule has 0 unspecified atom stereocenters. The number of aliphatic hydroxyl groups is 2. The lowest BCUT2D eigenvalue weighted by atomic mass is 10.2. The van der Waals surface area contributed by atoms with Crippen molar-refractivity contribution in [2.24, 2.45) is 0 Å². The van der Waals surface area contributed by atoms with Crippen LogP contribution in [0.4, 0.5) is 0 Å². The van der Waals surface area contributed by atoms with Gasteiger partial charge in [-0.1, -0.05) is 0 Å². The largest absolute Gasteiger partial charge is 0.396 e. The molecule has 2 N–H and O–H groups in total. The summed E-state index contributed by atoms with van der Waals surface area (Å²) in [5, 5.41) is 19.3. The molecule has 62 valence electrons. The molecular formula is C8H12O2S. The average molecular weight is 172 g/mol. The molecule has 1 heterocycles. The third-order valence-corrected chi connectivity index (χ3v) is 2.51.